The highest BCUT2D eigenvalue weighted by Crippen LogP contribution is 2.26. The van der Waals surface area contributed by atoms with Crippen molar-refractivity contribution in [3.63, 3.8) is 0 Å². The van der Waals surface area contributed by atoms with Gasteiger partial charge in [-0.05, 0) is 128 Å². The minimum absolute atomic E-state index is 1.32. The average molecular weight is 670 g/mol. The van der Waals surface area contributed by atoms with Crippen molar-refractivity contribution in [1.82, 2.24) is 14.7 Å². The first kappa shape index (κ1) is 51.2. The molecule has 0 heterocycles. The van der Waals surface area contributed by atoms with Crippen LogP contribution in [0.25, 0.3) is 0 Å². The van der Waals surface area contributed by atoms with Crippen molar-refractivity contribution in [2.45, 2.75) is 178 Å². The molecule has 0 aliphatic heterocycles. The molecule has 6 nitrogen and oxygen atoms in total. The summed E-state index contributed by atoms with van der Waals surface area (Å²) in [5, 5.41) is 0. The largest absolute Gasteiger partial charge is 0.325 e. The van der Waals surface area contributed by atoms with Crippen LogP contribution >= 0.6 is 6.72 Å². The molecule has 0 aliphatic rings. The molecular weight excluding hydrogens is 585 g/mol. The fourth-order valence-corrected chi connectivity index (χ4v) is 4.44. The molecule has 0 fully saturated rings. The lowest BCUT2D eigenvalue weighted by Crippen LogP contribution is -2.27. The van der Waals surface area contributed by atoms with Gasteiger partial charge < -0.3 is 29.4 Å². The van der Waals surface area contributed by atoms with Gasteiger partial charge in [-0.15, -0.1) is 0 Å². The van der Waals surface area contributed by atoms with Crippen molar-refractivity contribution in [3.05, 3.63) is 0 Å². The van der Waals surface area contributed by atoms with Gasteiger partial charge in [0.1, 0.15) is 0 Å². The Morgan fingerprint density at radius 1 is 0.318 bits per heavy atom. The maximum absolute atomic E-state index is 7.56. The standard InChI is InChI=1S/3C12H27N.H3O3PS/c3*1-4-7-10-13(11-8-5-2)12-9-6-3;1-4(2,3)5/h3*4-12H2,1-3H3;(H3,1,2,3,5). The van der Waals surface area contributed by atoms with Crippen molar-refractivity contribution >= 4 is 18.5 Å². The molecule has 0 aliphatic carbocycles. The zero-order valence-corrected chi connectivity index (χ0v) is 33.3. The van der Waals surface area contributed by atoms with Gasteiger partial charge >= 0.3 is 6.72 Å². The molecule has 0 aromatic heterocycles. The SMILES string of the molecule is CCCCN(CCCC)CCCC.CCCCN(CCCC)CCCC.CCCCN(CCCC)CCCC.OP(O)(O)=S. The van der Waals surface area contributed by atoms with E-state index in [-0.39, 0.29) is 0 Å². The van der Waals surface area contributed by atoms with E-state index in [1.165, 1.54) is 174 Å². The topological polar surface area (TPSA) is 70.4 Å². The number of hydrogen-bond donors (Lipinski definition) is 3. The van der Waals surface area contributed by atoms with Crippen LogP contribution in [0.4, 0.5) is 0 Å². The molecule has 3 N–H and O–H groups in total. The molecule has 44 heavy (non-hydrogen) atoms. The second kappa shape index (κ2) is 43.4. The van der Waals surface area contributed by atoms with Crippen LogP contribution in [0.15, 0.2) is 0 Å². The van der Waals surface area contributed by atoms with Gasteiger partial charge in [-0.1, -0.05) is 120 Å². The molecule has 0 aromatic rings. The summed E-state index contributed by atoms with van der Waals surface area (Å²) in [6.07, 6.45) is 24.3. The highest BCUT2D eigenvalue weighted by atomic mass is 32.5. The van der Waals surface area contributed by atoms with Gasteiger partial charge in [-0.25, -0.2) is 0 Å². The molecule has 0 amide bonds. The number of nitrogens with zero attached hydrogens (tertiary/aromatic N) is 3. The second-order valence-electron chi connectivity index (χ2n) is 12.2. The first-order valence-corrected chi connectivity index (χ1v) is 21.7. The number of unbranched alkanes of at least 4 members (excludes halogenated alkanes) is 9. The van der Waals surface area contributed by atoms with Crippen LogP contribution in [0.3, 0.4) is 0 Å². The third-order valence-electron chi connectivity index (χ3n) is 7.45. The van der Waals surface area contributed by atoms with E-state index < -0.39 is 6.72 Å². The molecule has 0 bridgehead atoms. The molecule has 272 valence electrons. The van der Waals surface area contributed by atoms with Gasteiger partial charge in [-0.2, -0.15) is 0 Å². The molecule has 0 saturated heterocycles. The van der Waals surface area contributed by atoms with Crippen LogP contribution < -0.4 is 0 Å². The van der Waals surface area contributed by atoms with Gasteiger partial charge in [0.15, 0.2) is 0 Å². The third kappa shape index (κ3) is 54.9. The molecular formula is C36H84N3O3PS. The van der Waals surface area contributed by atoms with Crippen LogP contribution in [0.5, 0.6) is 0 Å². The highest BCUT2D eigenvalue weighted by molar-refractivity contribution is 8.06. The molecule has 0 unspecified atom stereocenters. The third-order valence-corrected chi connectivity index (χ3v) is 7.45. The Balaban J connectivity index is -0.000000253. The molecule has 0 aromatic carbocycles. The quantitative estimate of drug-likeness (QED) is 0.0752. The molecule has 0 rings (SSSR count). The highest BCUT2D eigenvalue weighted by Gasteiger charge is 2.03. The average Bonchev–Trinajstić information content (AvgIpc) is 2.99. The first-order valence-electron chi connectivity index (χ1n) is 19.0. The predicted octanol–water partition coefficient (Wildman–Crippen LogP) is 10.3. The summed E-state index contributed by atoms with van der Waals surface area (Å²) >= 11 is 3.60. The van der Waals surface area contributed by atoms with Crippen LogP contribution in [-0.4, -0.2) is 88.3 Å². The van der Waals surface area contributed by atoms with Crippen LogP contribution in [0.2, 0.25) is 0 Å². The zero-order valence-electron chi connectivity index (χ0n) is 31.6. The van der Waals surface area contributed by atoms with Crippen molar-refractivity contribution < 1.29 is 14.7 Å². The van der Waals surface area contributed by atoms with Crippen molar-refractivity contribution in [1.29, 1.82) is 0 Å². The Bertz CT molecular complexity index is 418. The normalized spacial score (nSPS) is 11.2. The Morgan fingerprint density at radius 3 is 0.477 bits per heavy atom. The summed E-state index contributed by atoms with van der Waals surface area (Å²) in [6, 6.07) is 0. The van der Waals surface area contributed by atoms with Crippen molar-refractivity contribution in [3.8, 4) is 0 Å². The zero-order chi connectivity index (χ0) is 34.3. The lowest BCUT2D eigenvalue weighted by Gasteiger charge is -2.21. The van der Waals surface area contributed by atoms with Crippen LogP contribution in [0.1, 0.15) is 178 Å². The molecule has 0 radical (unpaired) electrons. The monoisotopic (exact) mass is 670 g/mol. The van der Waals surface area contributed by atoms with E-state index in [1.54, 1.807) is 0 Å². The summed E-state index contributed by atoms with van der Waals surface area (Å²) in [5.74, 6) is 0. The van der Waals surface area contributed by atoms with Gasteiger partial charge in [0.05, 0.1) is 0 Å². The van der Waals surface area contributed by atoms with E-state index in [4.69, 9.17) is 14.7 Å². The van der Waals surface area contributed by atoms with Gasteiger partial charge in [-0.3, -0.25) is 0 Å². The summed E-state index contributed by atoms with van der Waals surface area (Å²) in [6.45, 7) is 28.5. The molecule has 0 atom stereocenters. The number of rotatable bonds is 27. The number of hydrogen-bond acceptors (Lipinski definition) is 4. The van der Waals surface area contributed by atoms with Crippen LogP contribution in [-0.2, 0) is 11.8 Å². The molecule has 8 heteroatoms. The Morgan fingerprint density at radius 2 is 0.409 bits per heavy atom. The second-order valence-corrected chi connectivity index (χ2v) is 14.7. The Labute approximate surface area is 284 Å². The minimum Gasteiger partial charge on any atom is -0.325 e. The summed E-state index contributed by atoms with van der Waals surface area (Å²) in [5.41, 5.74) is 0. The molecule has 0 spiro atoms. The van der Waals surface area contributed by atoms with Crippen molar-refractivity contribution in [2.75, 3.05) is 58.9 Å². The van der Waals surface area contributed by atoms with E-state index >= 15 is 0 Å². The van der Waals surface area contributed by atoms with Gasteiger partial charge in [0, 0.05) is 0 Å². The van der Waals surface area contributed by atoms with Gasteiger partial charge in [0.2, 0.25) is 0 Å². The lowest BCUT2D eigenvalue weighted by atomic mass is 10.2. The maximum Gasteiger partial charge on any atom is 0.319 e. The summed E-state index contributed by atoms with van der Waals surface area (Å²) in [7, 11) is 0. The van der Waals surface area contributed by atoms with E-state index in [1.807, 2.05) is 0 Å². The Hall–Kier alpha value is 0.410. The van der Waals surface area contributed by atoms with E-state index in [9.17, 15) is 0 Å². The summed E-state index contributed by atoms with van der Waals surface area (Å²) < 4.78 is 0. The fourth-order valence-electron chi connectivity index (χ4n) is 4.44. The van der Waals surface area contributed by atoms with Crippen molar-refractivity contribution in [2.24, 2.45) is 0 Å². The smallest absolute Gasteiger partial charge is 0.319 e. The van der Waals surface area contributed by atoms with E-state index in [0.29, 0.717) is 0 Å². The van der Waals surface area contributed by atoms with E-state index in [2.05, 4.69) is 88.8 Å². The predicted molar refractivity (Wildman–Crippen MR) is 204 cm³/mol. The van der Waals surface area contributed by atoms with Gasteiger partial charge in [0.25, 0.3) is 0 Å². The molecule has 0 saturated carbocycles. The fraction of sp³-hybridized carbons (Fsp3) is 1.00. The maximum atomic E-state index is 7.56. The summed E-state index contributed by atoms with van der Waals surface area (Å²) in [4.78, 5) is 30.6. The van der Waals surface area contributed by atoms with E-state index in [0.717, 1.165) is 0 Å². The first-order chi connectivity index (χ1) is 21.0. The lowest BCUT2D eigenvalue weighted by molar-refractivity contribution is 0.261. The minimum atomic E-state index is -3.81. The van der Waals surface area contributed by atoms with Crippen LogP contribution in [0, 0.1) is 0 Å². The Kier molecular flexibility index (Phi) is 50.6.